The minimum atomic E-state index is -0.698. The van der Waals surface area contributed by atoms with Crippen LogP contribution in [-0.2, 0) is 4.74 Å². The number of methoxy groups -OCH3 is 1. The van der Waals surface area contributed by atoms with E-state index in [1.165, 1.54) is 25.4 Å². The molecule has 0 unspecified atom stereocenters. The van der Waals surface area contributed by atoms with E-state index in [4.69, 9.17) is 11.6 Å². The van der Waals surface area contributed by atoms with Crippen LogP contribution in [0.2, 0.25) is 5.02 Å². The van der Waals surface area contributed by atoms with Crippen LogP contribution < -0.4 is 5.32 Å². The van der Waals surface area contributed by atoms with Crippen molar-refractivity contribution >= 4 is 39.9 Å². The Morgan fingerprint density at radius 1 is 1.45 bits per heavy atom. The fraction of sp³-hybridized carbons (Fsp3) is 0.0833. The summed E-state index contributed by atoms with van der Waals surface area (Å²) >= 11 is 6.63. The summed E-state index contributed by atoms with van der Waals surface area (Å²) in [5, 5.41) is 2.79. The molecule has 2 rings (SSSR count). The number of thiazole rings is 1. The molecule has 20 heavy (non-hydrogen) atoms. The summed E-state index contributed by atoms with van der Waals surface area (Å²) in [6, 6.07) is 3.65. The highest BCUT2D eigenvalue weighted by molar-refractivity contribution is 7.17. The Kier molecular flexibility index (Phi) is 4.31. The molecular formula is C12H8ClFN2O3S. The van der Waals surface area contributed by atoms with Crippen LogP contribution >= 0.6 is 22.9 Å². The van der Waals surface area contributed by atoms with Crippen molar-refractivity contribution in [1.29, 1.82) is 0 Å². The maximum absolute atomic E-state index is 13.5. The third kappa shape index (κ3) is 3.12. The standard InChI is InChI=1S/C12H8ClFN2O3S/c1-19-11(18)9-5-15-12(20-9)16-10(17)7-4-6(13)2-3-8(7)14/h2-5H,1H3,(H,15,16,17). The van der Waals surface area contributed by atoms with Crippen molar-refractivity contribution in [1.82, 2.24) is 4.98 Å². The SMILES string of the molecule is COC(=O)c1cnc(NC(=O)c2cc(Cl)ccc2F)s1. The van der Waals surface area contributed by atoms with Crippen molar-refractivity contribution in [2.45, 2.75) is 0 Å². The fourth-order valence-corrected chi connectivity index (χ4v) is 2.26. The molecule has 104 valence electrons. The van der Waals surface area contributed by atoms with Crippen LogP contribution in [0.25, 0.3) is 0 Å². The van der Waals surface area contributed by atoms with Crippen molar-refractivity contribution in [2.24, 2.45) is 0 Å². The van der Waals surface area contributed by atoms with Crippen LogP contribution in [0.3, 0.4) is 0 Å². The number of hydrogen-bond acceptors (Lipinski definition) is 5. The second-order valence-corrected chi connectivity index (χ2v) is 5.07. The van der Waals surface area contributed by atoms with Gasteiger partial charge in [0.25, 0.3) is 5.91 Å². The molecule has 1 amide bonds. The van der Waals surface area contributed by atoms with Gasteiger partial charge in [0.05, 0.1) is 18.9 Å². The summed E-state index contributed by atoms with van der Waals surface area (Å²) in [5.41, 5.74) is -0.202. The van der Waals surface area contributed by atoms with E-state index in [0.717, 1.165) is 17.4 Å². The second kappa shape index (κ2) is 5.98. The number of ether oxygens (including phenoxy) is 1. The normalized spacial score (nSPS) is 10.2. The second-order valence-electron chi connectivity index (χ2n) is 3.60. The number of amides is 1. The van der Waals surface area contributed by atoms with E-state index < -0.39 is 17.7 Å². The van der Waals surface area contributed by atoms with E-state index >= 15 is 0 Å². The molecule has 0 fully saturated rings. The molecule has 0 saturated heterocycles. The molecule has 0 aliphatic heterocycles. The largest absolute Gasteiger partial charge is 0.465 e. The highest BCUT2D eigenvalue weighted by Gasteiger charge is 2.16. The maximum Gasteiger partial charge on any atom is 0.349 e. The summed E-state index contributed by atoms with van der Waals surface area (Å²) in [4.78, 5) is 27.2. The molecule has 8 heteroatoms. The van der Waals surface area contributed by atoms with Crippen LogP contribution in [-0.4, -0.2) is 24.0 Å². The molecule has 0 aliphatic rings. The highest BCUT2D eigenvalue weighted by atomic mass is 35.5. The Balaban J connectivity index is 2.17. The van der Waals surface area contributed by atoms with E-state index in [1.54, 1.807) is 0 Å². The van der Waals surface area contributed by atoms with Gasteiger partial charge < -0.3 is 4.74 Å². The summed E-state index contributed by atoms with van der Waals surface area (Å²) in [6.45, 7) is 0. The Labute approximate surface area is 122 Å². The molecule has 0 aliphatic carbocycles. The minimum Gasteiger partial charge on any atom is -0.465 e. The first-order chi connectivity index (χ1) is 9.51. The average molecular weight is 315 g/mol. The molecular weight excluding hydrogens is 307 g/mol. The zero-order valence-electron chi connectivity index (χ0n) is 10.1. The van der Waals surface area contributed by atoms with Gasteiger partial charge in [0, 0.05) is 5.02 Å². The number of nitrogens with zero attached hydrogens (tertiary/aromatic N) is 1. The average Bonchev–Trinajstić information content (AvgIpc) is 2.89. The third-order valence-electron chi connectivity index (χ3n) is 2.29. The number of hydrogen-bond donors (Lipinski definition) is 1. The van der Waals surface area contributed by atoms with E-state index in [0.29, 0.717) is 0 Å². The van der Waals surface area contributed by atoms with Crippen LogP contribution in [0, 0.1) is 5.82 Å². The first-order valence-corrected chi connectivity index (χ1v) is 6.51. The summed E-state index contributed by atoms with van der Waals surface area (Å²) in [7, 11) is 1.24. The molecule has 0 bridgehead atoms. The fourth-order valence-electron chi connectivity index (χ4n) is 1.36. The van der Waals surface area contributed by atoms with Gasteiger partial charge in [0.1, 0.15) is 10.7 Å². The van der Waals surface area contributed by atoms with Crippen molar-refractivity contribution in [3.8, 4) is 0 Å². The highest BCUT2D eigenvalue weighted by Crippen LogP contribution is 2.21. The Bertz CT molecular complexity index is 674. The molecule has 5 nitrogen and oxygen atoms in total. The van der Waals surface area contributed by atoms with Gasteiger partial charge in [-0.05, 0) is 18.2 Å². The maximum atomic E-state index is 13.5. The molecule has 1 aromatic heterocycles. The van der Waals surface area contributed by atoms with Gasteiger partial charge in [0.2, 0.25) is 0 Å². The van der Waals surface area contributed by atoms with Gasteiger partial charge in [0.15, 0.2) is 5.13 Å². The van der Waals surface area contributed by atoms with Crippen LogP contribution in [0.4, 0.5) is 9.52 Å². The number of halogens is 2. The predicted octanol–water partition coefficient (Wildman–Crippen LogP) is 2.97. The molecule has 0 radical (unpaired) electrons. The van der Waals surface area contributed by atoms with Crippen molar-refractivity contribution in [3.63, 3.8) is 0 Å². The Hall–Kier alpha value is -1.99. The van der Waals surface area contributed by atoms with Crippen LogP contribution in [0.1, 0.15) is 20.0 Å². The van der Waals surface area contributed by atoms with Crippen LogP contribution in [0.15, 0.2) is 24.4 Å². The molecule has 1 N–H and O–H groups in total. The summed E-state index contributed by atoms with van der Waals surface area (Å²) in [5.74, 6) is -1.95. The first kappa shape index (κ1) is 14.4. The number of esters is 1. The number of rotatable bonds is 3. The van der Waals surface area contributed by atoms with Crippen molar-refractivity contribution < 1.29 is 18.7 Å². The molecule has 1 aromatic carbocycles. The molecule has 2 aromatic rings. The van der Waals surface area contributed by atoms with Gasteiger partial charge in [-0.2, -0.15) is 0 Å². The first-order valence-electron chi connectivity index (χ1n) is 5.32. The van der Waals surface area contributed by atoms with Crippen molar-refractivity contribution in [2.75, 3.05) is 12.4 Å². The van der Waals surface area contributed by atoms with Gasteiger partial charge in [-0.3, -0.25) is 10.1 Å². The van der Waals surface area contributed by atoms with E-state index in [2.05, 4.69) is 15.0 Å². The van der Waals surface area contributed by atoms with Crippen LogP contribution in [0.5, 0.6) is 0 Å². The van der Waals surface area contributed by atoms with Gasteiger partial charge in [-0.1, -0.05) is 22.9 Å². The zero-order valence-corrected chi connectivity index (χ0v) is 11.7. The predicted molar refractivity (Wildman–Crippen MR) is 72.8 cm³/mol. The topological polar surface area (TPSA) is 68.3 Å². The van der Waals surface area contributed by atoms with Crippen molar-refractivity contribution in [3.05, 3.63) is 45.7 Å². The smallest absolute Gasteiger partial charge is 0.349 e. The molecule has 1 heterocycles. The Morgan fingerprint density at radius 2 is 2.20 bits per heavy atom. The minimum absolute atomic E-state index is 0.162. The lowest BCUT2D eigenvalue weighted by Crippen LogP contribution is -2.13. The van der Waals surface area contributed by atoms with E-state index in [-0.39, 0.29) is 20.6 Å². The van der Waals surface area contributed by atoms with Gasteiger partial charge >= 0.3 is 5.97 Å². The zero-order chi connectivity index (χ0) is 14.7. The molecule has 0 saturated carbocycles. The number of aromatic nitrogens is 1. The number of anilines is 1. The summed E-state index contributed by atoms with van der Waals surface area (Å²) < 4.78 is 18.0. The lowest BCUT2D eigenvalue weighted by Gasteiger charge is -2.03. The number of benzene rings is 1. The monoisotopic (exact) mass is 314 g/mol. The van der Waals surface area contributed by atoms with Gasteiger partial charge in [-0.15, -0.1) is 0 Å². The quantitative estimate of drug-likeness (QED) is 0.884. The number of carbonyl (C=O) groups excluding carboxylic acids is 2. The lowest BCUT2D eigenvalue weighted by atomic mass is 10.2. The van der Waals surface area contributed by atoms with Gasteiger partial charge in [-0.25, -0.2) is 14.2 Å². The molecule has 0 spiro atoms. The molecule has 0 atom stereocenters. The Morgan fingerprint density at radius 3 is 2.90 bits per heavy atom. The lowest BCUT2D eigenvalue weighted by molar-refractivity contribution is 0.0606. The summed E-state index contributed by atoms with van der Waals surface area (Å²) in [6.07, 6.45) is 1.26. The van der Waals surface area contributed by atoms with E-state index in [9.17, 15) is 14.0 Å². The third-order valence-corrected chi connectivity index (χ3v) is 3.41. The number of nitrogens with one attached hydrogen (secondary N) is 1. The number of carbonyl (C=O) groups is 2. The van der Waals surface area contributed by atoms with E-state index in [1.807, 2.05) is 0 Å².